The monoisotopic (exact) mass is 725 g/mol. The van der Waals surface area contributed by atoms with E-state index >= 15 is 0 Å². The van der Waals surface area contributed by atoms with Crippen LogP contribution < -0.4 is 18.9 Å². The Kier molecular flexibility index (Phi) is 16.6. The number of anilines is 2. The van der Waals surface area contributed by atoms with Gasteiger partial charge < -0.3 is 19.2 Å². The van der Waals surface area contributed by atoms with Crippen molar-refractivity contribution < 1.29 is 13.6 Å². The van der Waals surface area contributed by atoms with E-state index in [1.54, 1.807) is 0 Å². The molecule has 4 aromatic rings. The van der Waals surface area contributed by atoms with Gasteiger partial charge in [0.1, 0.15) is 0 Å². The molecule has 0 unspecified atom stereocenters. The largest absolute Gasteiger partial charge is 0.375 e. The van der Waals surface area contributed by atoms with Crippen LogP contribution in [0, 0.1) is 0 Å². The summed E-state index contributed by atoms with van der Waals surface area (Å²) in [7, 11) is 19.3. The van der Waals surface area contributed by atoms with Crippen LogP contribution >= 0.6 is 21.6 Å². The Bertz CT molecular complexity index is 1640. The molecular formula is C43H61N6S2+3. The minimum Gasteiger partial charge on any atom is -0.375 e. The first-order chi connectivity index (χ1) is 24.6. The van der Waals surface area contributed by atoms with Crippen LogP contribution in [0.15, 0.2) is 97.3 Å². The molecule has 0 fully saturated rings. The molecule has 0 saturated carbocycles. The van der Waals surface area contributed by atoms with Gasteiger partial charge in [0.25, 0.3) is 0 Å². The lowest BCUT2D eigenvalue weighted by Crippen LogP contribution is -2.38. The maximum absolute atomic E-state index is 2.35. The molecule has 2 heterocycles. The van der Waals surface area contributed by atoms with Crippen molar-refractivity contribution in [2.24, 2.45) is 0 Å². The topological polar surface area (TPSA) is 17.5 Å². The van der Waals surface area contributed by atoms with Crippen molar-refractivity contribution in [2.45, 2.75) is 25.9 Å². The van der Waals surface area contributed by atoms with E-state index in [1.165, 1.54) is 46.9 Å². The molecule has 0 atom stereocenters. The van der Waals surface area contributed by atoms with E-state index in [0.29, 0.717) is 0 Å². The van der Waals surface area contributed by atoms with Gasteiger partial charge in [0.2, 0.25) is 11.4 Å². The van der Waals surface area contributed by atoms with Crippen LogP contribution in [-0.4, -0.2) is 96.4 Å². The fourth-order valence-corrected chi connectivity index (χ4v) is 7.72. The summed E-state index contributed by atoms with van der Waals surface area (Å²) in [5.74, 6) is 2.12. The van der Waals surface area contributed by atoms with Crippen LogP contribution in [0.25, 0.3) is 24.3 Å². The lowest BCUT2D eigenvalue weighted by Gasteiger charge is -2.26. The first-order valence-corrected chi connectivity index (χ1v) is 20.7. The average Bonchev–Trinajstić information content (AvgIpc) is 3.11. The predicted molar refractivity (Wildman–Crippen MR) is 226 cm³/mol. The van der Waals surface area contributed by atoms with Gasteiger partial charge >= 0.3 is 0 Å². The Morgan fingerprint density at radius 2 is 1.00 bits per heavy atom. The van der Waals surface area contributed by atoms with Crippen LogP contribution in [0.4, 0.5) is 11.4 Å². The van der Waals surface area contributed by atoms with Crippen LogP contribution in [0.5, 0.6) is 0 Å². The minimum absolute atomic E-state index is 0.978. The smallest absolute Gasteiger partial charge is 0.205 e. The van der Waals surface area contributed by atoms with Gasteiger partial charge in [-0.1, -0.05) is 45.9 Å². The summed E-state index contributed by atoms with van der Waals surface area (Å²) in [6.07, 6.45) is 15.6. The summed E-state index contributed by atoms with van der Waals surface area (Å²) in [4.78, 5) is 6.93. The lowest BCUT2D eigenvalue weighted by atomic mass is 10.1. The zero-order valence-corrected chi connectivity index (χ0v) is 33.8. The molecule has 0 amide bonds. The number of benzene rings is 2. The van der Waals surface area contributed by atoms with Gasteiger partial charge in [-0.2, -0.15) is 9.13 Å². The highest BCUT2D eigenvalue weighted by molar-refractivity contribution is 8.76. The van der Waals surface area contributed by atoms with E-state index in [4.69, 9.17) is 0 Å². The zero-order chi connectivity index (χ0) is 36.5. The van der Waals surface area contributed by atoms with E-state index < -0.39 is 0 Å². The quantitative estimate of drug-likeness (QED) is 0.0380. The minimum atomic E-state index is 0.978. The van der Waals surface area contributed by atoms with Crippen molar-refractivity contribution in [3.05, 3.63) is 120 Å². The lowest BCUT2D eigenvalue weighted by molar-refractivity contribution is -0.870. The Labute approximate surface area is 317 Å². The predicted octanol–water partition coefficient (Wildman–Crippen LogP) is 7.60. The van der Waals surface area contributed by atoms with Crippen LogP contribution in [-0.2, 0) is 13.1 Å². The fourth-order valence-electron chi connectivity index (χ4n) is 5.79. The maximum Gasteiger partial charge on any atom is 0.205 e. The summed E-state index contributed by atoms with van der Waals surface area (Å²) >= 11 is 0. The van der Waals surface area contributed by atoms with Gasteiger partial charge in [-0.3, -0.25) is 0 Å². The molecule has 6 nitrogen and oxygen atoms in total. The summed E-state index contributed by atoms with van der Waals surface area (Å²) in [5, 5.41) is 0. The summed E-state index contributed by atoms with van der Waals surface area (Å²) < 4.78 is 5.71. The molecule has 0 bridgehead atoms. The molecule has 51 heavy (non-hydrogen) atoms. The van der Waals surface area contributed by atoms with Crippen LogP contribution in [0.2, 0.25) is 0 Å². The highest BCUT2D eigenvalue weighted by Crippen LogP contribution is 2.21. The number of nitrogens with zero attached hydrogens (tertiary/aromatic N) is 6. The molecule has 0 spiro atoms. The van der Waals surface area contributed by atoms with Gasteiger partial charge in [0, 0.05) is 81.4 Å². The molecule has 272 valence electrons. The van der Waals surface area contributed by atoms with Gasteiger partial charge in [0.15, 0.2) is 25.5 Å². The summed E-state index contributed by atoms with van der Waals surface area (Å²) in [5.41, 5.74) is 7.42. The zero-order valence-electron chi connectivity index (χ0n) is 32.1. The third-order valence-corrected chi connectivity index (χ3v) is 11.2. The Balaban J connectivity index is 1.20. The highest BCUT2D eigenvalue weighted by atomic mass is 33.1. The Morgan fingerprint density at radius 3 is 1.43 bits per heavy atom. The third-order valence-electron chi connectivity index (χ3n) is 8.85. The molecular weight excluding hydrogens is 665 g/mol. The molecule has 0 aliphatic rings. The van der Waals surface area contributed by atoms with Crippen LogP contribution in [0.1, 0.15) is 35.4 Å². The van der Waals surface area contributed by atoms with Crippen molar-refractivity contribution in [3.63, 3.8) is 0 Å². The number of hydrogen-bond acceptors (Lipinski definition) is 5. The normalized spacial score (nSPS) is 12.0. The second kappa shape index (κ2) is 21.1. The van der Waals surface area contributed by atoms with Gasteiger partial charge in [-0.25, -0.2) is 0 Å². The second-order valence-electron chi connectivity index (χ2n) is 14.5. The number of rotatable bonds is 21. The summed E-state index contributed by atoms with van der Waals surface area (Å²) in [6.45, 7) is 6.37. The number of pyridine rings is 2. The molecule has 2 aromatic heterocycles. The average molecular weight is 726 g/mol. The molecule has 4 rings (SSSR count). The van der Waals surface area contributed by atoms with E-state index in [1.807, 2.05) is 21.6 Å². The van der Waals surface area contributed by atoms with Gasteiger partial charge in [-0.05, 0) is 86.7 Å². The number of quaternary nitrogens is 1. The molecule has 2 aromatic carbocycles. The fraction of sp³-hybridized carbons (Fsp3) is 0.395. The van der Waals surface area contributed by atoms with Gasteiger partial charge in [0.05, 0.1) is 39.2 Å². The molecule has 0 N–H and O–H groups in total. The van der Waals surface area contributed by atoms with Crippen molar-refractivity contribution in [1.82, 2.24) is 4.90 Å². The van der Waals surface area contributed by atoms with Crippen molar-refractivity contribution in [3.8, 4) is 0 Å². The van der Waals surface area contributed by atoms with Crippen molar-refractivity contribution >= 4 is 57.3 Å². The standard InChI is InChI=1S/C43H61N6S2/c1-44(2)28-12-29-45(3)40-22-16-38(17-23-40)20-26-42-14-8-10-31-47(42)33-36-50-51-37-34-48-32-11-9-15-43(48)27-21-39-18-24-41(25-19-39)46(4)30-13-35-49(5,6)7/h8-11,14-27,31-32H,12-13,28-30,33-37H2,1-7H3/q+3. The molecule has 0 radical (unpaired) electrons. The molecule has 0 aliphatic carbocycles. The number of aromatic nitrogens is 2. The second-order valence-corrected chi connectivity index (χ2v) is 17.2. The highest BCUT2D eigenvalue weighted by Gasteiger charge is 2.11. The molecule has 8 heteroatoms. The van der Waals surface area contributed by atoms with Crippen molar-refractivity contribution in [2.75, 3.05) is 96.8 Å². The Hall–Kier alpha value is -3.56. The molecule has 0 saturated heterocycles. The van der Waals surface area contributed by atoms with E-state index in [2.05, 4.69) is 195 Å². The Morgan fingerprint density at radius 1 is 0.549 bits per heavy atom. The maximum atomic E-state index is 2.35. The SMILES string of the molecule is CN(C)CCCN(C)c1ccc(/C=C/c2cccc[n+]2CCSSCC[n+]2ccccc2/C=C/c2ccc(N(C)CCC[N+](C)(C)C)cc2)cc1. The number of aryl methyl sites for hydroxylation is 2. The van der Waals surface area contributed by atoms with E-state index in [-0.39, 0.29) is 0 Å². The van der Waals surface area contributed by atoms with Gasteiger partial charge in [-0.15, -0.1) is 0 Å². The molecule has 0 aliphatic heterocycles. The summed E-state index contributed by atoms with van der Waals surface area (Å²) in [6, 6.07) is 30.7. The third kappa shape index (κ3) is 14.9. The van der Waals surface area contributed by atoms with Crippen LogP contribution in [0.3, 0.4) is 0 Å². The van der Waals surface area contributed by atoms with Crippen molar-refractivity contribution in [1.29, 1.82) is 0 Å². The first kappa shape index (κ1) is 40.2. The first-order valence-electron chi connectivity index (χ1n) is 18.2. The van der Waals surface area contributed by atoms with E-state index in [0.717, 1.165) is 55.1 Å². The number of hydrogen-bond donors (Lipinski definition) is 0. The van der Waals surface area contributed by atoms with E-state index in [9.17, 15) is 0 Å².